The molecule has 6 nitrogen and oxygen atoms in total. The first-order valence-corrected chi connectivity index (χ1v) is 14.2. The normalized spacial score (nSPS) is 21.0. The maximum atomic E-state index is 12.6. The van der Waals surface area contributed by atoms with Gasteiger partial charge in [0.05, 0.1) is 16.9 Å². The van der Waals surface area contributed by atoms with Crippen molar-refractivity contribution in [3.05, 3.63) is 26.6 Å². The van der Waals surface area contributed by atoms with E-state index >= 15 is 0 Å². The number of thiophene rings is 1. The number of aryl methyl sites for hydroxylation is 2. The van der Waals surface area contributed by atoms with Gasteiger partial charge in [0.15, 0.2) is 0 Å². The number of amides is 1. The highest BCUT2D eigenvalue weighted by molar-refractivity contribution is 7.99. The van der Waals surface area contributed by atoms with Gasteiger partial charge in [-0.25, -0.2) is 4.98 Å². The Morgan fingerprint density at radius 2 is 1.88 bits per heavy atom. The molecule has 2 N–H and O–H groups in total. The SMILES string of the molecule is O=C(CSCc1nc2sc3c(c2c(=O)[nH]1)CCC3)NCC1(N2CCCCC2)CCCCC1. The third-order valence-corrected chi connectivity index (χ3v) is 9.65. The van der Waals surface area contributed by atoms with Gasteiger partial charge in [-0.2, -0.15) is 0 Å². The van der Waals surface area contributed by atoms with E-state index in [0.29, 0.717) is 17.3 Å². The van der Waals surface area contributed by atoms with Gasteiger partial charge in [-0.15, -0.1) is 23.1 Å². The predicted molar refractivity (Wildman–Crippen MR) is 133 cm³/mol. The molecule has 0 bridgehead atoms. The third-order valence-electron chi connectivity index (χ3n) is 7.52. The van der Waals surface area contributed by atoms with Gasteiger partial charge in [-0.1, -0.05) is 25.7 Å². The Hall–Kier alpha value is -1.38. The number of hydrogen-bond donors (Lipinski definition) is 2. The average Bonchev–Trinajstić information content (AvgIpc) is 3.40. The number of H-pyrrole nitrogens is 1. The molecular weight excluding hydrogens is 440 g/mol. The number of fused-ring (bicyclic) bond motifs is 3. The summed E-state index contributed by atoms with van der Waals surface area (Å²) in [5.74, 6) is 1.73. The van der Waals surface area contributed by atoms with E-state index in [-0.39, 0.29) is 17.0 Å². The van der Waals surface area contributed by atoms with Gasteiger partial charge >= 0.3 is 0 Å². The molecule has 32 heavy (non-hydrogen) atoms. The monoisotopic (exact) mass is 474 g/mol. The molecule has 1 aliphatic heterocycles. The van der Waals surface area contributed by atoms with Crippen LogP contribution in [0.3, 0.4) is 0 Å². The molecule has 8 heteroatoms. The maximum Gasteiger partial charge on any atom is 0.259 e. The number of aromatic nitrogens is 2. The highest BCUT2D eigenvalue weighted by Crippen LogP contribution is 2.36. The number of aromatic amines is 1. The van der Waals surface area contributed by atoms with Crippen molar-refractivity contribution in [2.24, 2.45) is 0 Å². The van der Waals surface area contributed by atoms with Crippen LogP contribution >= 0.6 is 23.1 Å². The van der Waals surface area contributed by atoms with Gasteiger partial charge in [0.25, 0.3) is 5.56 Å². The number of piperidine rings is 1. The average molecular weight is 475 g/mol. The second-order valence-electron chi connectivity index (χ2n) is 9.65. The molecule has 1 saturated heterocycles. The number of hydrogen-bond acceptors (Lipinski definition) is 6. The highest BCUT2D eigenvalue weighted by Gasteiger charge is 2.38. The van der Waals surface area contributed by atoms with E-state index in [2.05, 4.69) is 15.2 Å². The van der Waals surface area contributed by atoms with Crippen LogP contribution in [0.2, 0.25) is 0 Å². The van der Waals surface area contributed by atoms with E-state index in [1.54, 1.807) is 11.3 Å². The van der Waals surface area contributed by atoms with Gasteiger partial charge in [-0.05, 0) is 63.6 Å². The quantitative estimate of drug-likeness (QED) is 0.634. The number of carbonyl (C=O) groups excluding carboxylic acids is 1. The molecule has 0 atom stereocenters. The van der Waals surface area contributed by atoms with Crippen LogP contribution in [0.1, 0.15) is 74.1 Å². The Labute approximate surface area is 198 Å². The van der Waals surface area contributed by atoms with Crippen LogP contribution in [0, 0.1) is 0 Å². The maximum absolute atomic E-state index is 12.6. The van der Waals surface area contributed by atoms with Crippen LogP contribution < -0.4 is 10.9 Å². The summed E-state index contributed by atoms with van der Waals surface area (Å²) in [5.41, 5.74) is 1.36. The molecule has 0 radical (unpaired) electrons. The summed E-state index contributed by atoms with van der Waals surface area (Å²) in [6.07, 6.45) is 13.4. The number of likely N-dealkylation sites (tertiary alicyclic amines) is 1. The van der Waals surface area contributed by atoms with Crippen molar-refractivity contribution in [2.45, 2.75) is 81.9 Å². The molecule has 0 unspecified atom stereocenters. The van der Waals surface area contributed by atoms with E-state index in [9.17, 15) is 9.59 Å². The summed E-state index contributed by atoms with van der Waals surface area (Å²) in [5, 5.41) is 4.05. The molecule has 3 heterocycles. The highest BCUT2D eigenvalue weighted by atomic mass is 32.2. The minimum absolute atomic E-state index is 0.0183. The lowest BCUT2D eigenvalue weighted by Gasteiger charge is -2.48. The van der Waals surface area contributed by atoms with Crippen LogP contribution in [0.5, 0.6) is 0 Å². The standard InChI is InChI=1S/C24H34N4O2S2/c29-20(25-16-24(10-3-1-4-11-24)28-12-5-2-6-13-28)15-31-14-19-26-22(30)21-17-8-7-9-18(17)32-23(21)27-19/h1-16H2,(H,25,29)(H,26,27,30). The Balaban J connectivity index is 1.15. The number of thioether (sulfide) groups is 1. The van der Waals surface area contributed by atoms with Crippen LogP contribution in [0.25, 0.3) is 10.2 Å². The lowest BCUT2D eigenvalue weighted by atomic mass is 9.79. The molecule has 1 saturated carbocycles. The van der Waals surface area contributed by atoms with Gasteiger partial charge in [0, 0.05) is 17.0 Å². The molecule has 2 aromatic heterocycles. The molecule has 3 aliphatic rings. The van der Waals surface area contributed by atoms with E-state index in [4.69, 9.17) is 4.98 Å². The van der Waals surface area contributed by atoms with E-state index in [1.165, 1.54) is 86.7 Å². The lowest BCUT2D eigenvalue weighted by molar-refractivity contribution is -0.119. The van der Waals surface area contributed by atoms with Crippen molar-refractivity contribution >= 4 is 39.2 Å². The molecule has 174 valence electrons. The van der Waals surface area contributed by atoms with Gasteiger partial charge < -0.3 is 10.3 Å². The zero-order valence-electron chi connectivity index (χ0n) is 18.8. The second-order valence-corrected chi connectivity index (χ2v) is 11.7. The van der Waals surface area contributed by atoms with Crippen molar-refractivity contribution in [3.63, 3.8) is 0 Å². The van der Waals surface area contributed by atoms with Crippen molar-refractivity contribution in [3.8, 4) is 0 Å². The molecule has 2 aliphatic carbocycles. The van der Waals surface area contributed by atoms with Crippen LogP contribution in [0.4, 0.5) is 0 Å². The van der Waals surface area contributed by atoms with Crippen molar-refractivity contribution in [1.82, 2.24) is 20.2 Å². The number of nitrogens with one attached hydrogen (secondary N) is 2. The number of carbonyl (C=O) groups is 1. The van der Waals surface area contributed by atoms with E-state index in [1.807, 2.05) is 0 Å². The summed E-state index contributed by atoms with van der Waals surface area (Å²) in [6.45, 7) is 3.13. The largest absolute Gasteiger partial charge is 0.354 e. The molecule has 0 spiro atoms. The van der Waals surface area contributed by atoms with E-state index < -0.39 is 0 Å². The topological polar surface area (TPSA) is 78.1 Å². The summed E-state index contributed by atoms with van der Waals surface area (Å²) < 4.78 is 0. The van der Waals surface area contributed by atoms with Gasteiger partial charge in [0.1, 0.15) is 10.7 Å². The summed E-state index contributed by atoms with van der Waals surface area (Å²) in [7, 11) is 0. The first kappa shape index (κ1) is 22.4. The van der Waals surface area contributed by atoms with Crippen molar-refractivity contribution in [1.29, 1.82) is 0 Å². The molecule has 2 fully saturated rings. The zero-order chi connectivity index (χ0) is 22.0. The fraction of sp³-hybridized carbons (Fsp3) is 0.708. The first-order valence-electron chi connectivity index (χ1n) is 12.3. The Morgan fingerprint density at radius 3 is 2.69 bits per heavy atom. The fourth-order valence-corrected chi connectivity index (χ4v) is 7.85. The molecule has 2 aromatic rings. The summed E-state index contributed by atoms with van der Waals surface area (Å²) in [6, 6.07) is 0. The van der Waals surface area contributed by atoms with E-state index in [0.717, 1.165) is 36.0 Å². The van der Waals surface area contributed by atoms with Gasteiger partial charge in [-0.3, -0.25) is 14.5 Å². The molecule has 1 amide bonds. The number of rotatable bonds is 7. The van der Waals surface area contributed by atoms with Crippen LogP contribution in [-0.4, -0.2) is 51.7 Å². The minimum atomic E-state index is -0.0183. The summed E-state index contributed by atoms with van der Waals surface area (Å²) in [4.78, 5) is 37.7. The predicted octanol–water partition coefficient (Wildman–Crippen LogP) is 4.01. The molecular formula is C24H34N4O2S2. The van der Waals surface area contributed by atoms with Crippen LogP contribution in [-0.2, 0) is 23.4 Å². The third kappa shape index (κ3) is 4.64. The first-order chi connectivity index (χ1) is 15.6. The number of nitrogens with zero attached hydrogens (tertiary/aromatic N) is 2. The van der Waals surface area contributed by atoms with Gasteiger partial charge in [0.2, 0.25) is 5.91 Å². The minimum Gasteiger partial charge on any atom is -0.354 e. The summed E-state index contributed by atoms with van der Waals surface area (Å²) >= 11 is 3.20. The second kappa shape index (κ2) is 9.85. The molecule has 0 aromatic carbocycles. The lowest BCUT2D eigenvalue weighted by Crippen LogP contribution is -2.58. The smallest absolute Gasteiger partial charge is 0.259 e. The van der Waals surface area contributed by atoms with Crippen LogP contribution in [0.15, 0.2) is 4.79 Å². The zero-order valence-corrected chi connectivity index (χ0v) is 20.5. The fourth-order valence-electron chi connectivity index (χ4n) is 5.85. The Kier molecular flexibility index (Phi) is 6.90. The molecule has 5 rings (SSSR count). The Bertz CT molecular complexity index is 1020. The Morgan fingerprint density at radius 1 is 1.09 bits per heavy atom. The van der Waals surface area contributed by atoms with Crippen molar-refractivity contribution < 1.29 is 4.79 Å². The van der Waals surface area contributed by atoms with Crippen molar-refractivity contribution in [2.75, 3.05) is 25.4 Å².